The maximum absolute atomic E-state index is 13.3. The van der Waals surface area contributed by atoms with Crippen molar-refractivity contribution in [1.82, 2.24) is 10.3 Å². The predicted molar refractivity (Wildman–Crippen MR) is 87.7 cm³/mol. The average Bonchev–Trinajstić information content (AvgIpc) is 3.18. The summed E-state index contributed by atoms with van der Waals surface area (Å²) in [6.07, 6.45) is 0.209. The number of hydrogen-bond donors (Lipinski definition) is 2. The quantitative estimate of drug-likeness (QED) is 0.770. The number of carboxylic acids is 1. The van der Waals surface area contributed by atoms with Gasteiger partial charge in [0, 0.05) is 23.7 Å². The zero-order chi connectivity index (χ0) is 18.8. The molecule has 10 heteroatoms. The summed E-state index contributed by atoms with van der Waals surface area (Å²) in [4.78, 5) is 40.4. The lowest BCUT2D eigenvalue weighted by Gasteiger charge is -2.17. The normalized spacial score (nSPS) is 16.8. The van der Waals surface area contributed by atoms with Crippen molar-refractivity contribution in [3.05, 3.63) is 45.9 Å². The number of hydrogen-bond acceptors (Lipinski definition) is 5. The second-order valence-electron chi connectivity index (χ2n) is 5.61. The van der Waals surface area contributed by atoms with Gasteiger partial charge in [0.2, 0.25) is 11.8 Å². The third kappa shape index (κ3) is 3.69. The molecule has 1 aliphatic rings. The van der Waals surface area contributed by atoms with Crippen LogP contribution in [0.2, 0.25) is 0 Å². The summed E-state index contributed by atoms with van der Waals surface area (Å²) in [5.74, 6) is -4.83. The summed E-state index contributed by atoms with van der Waals surface area (Å²) in [5.41, 5.74) is -0.0516. The second kappa shape index (κ2) is 7.16. The van der Waals surface area contributed by atoms with E-state index in [1.807, 2.05) is 0 Å². The molecular weight excluding hydrogens is 368 g/mol. The van der Waals surface area contributed by atoms with Gasteiger partial charge in [0.15, 0.2) is 5.69 Å². The largest absolute Gasteiger partial charge is 0.476 e. The zero-order valence-electron chi connectivity index (χ0n) is 13.2. The molecule has 1 aromatic heterocycles. The lowest BCUT2D eigenvalue weighted by molar-refractivity contribution is -0.132. The monoisotopic (exact) mass is 381 g/mol. The molecule has 3 rings (SSSR count). The molecule has 2 amide bonds. The molecule has 1 fully saturated rings. The lowest BCUT2D eigenvalue weighted by atomic mass is 10.1. The van der Waals surface area contributed by atoms with Crippen LogP contribution in [0.15, 0.2) is 23.6 Å². The fraction of sp³-hybridized carbons (Fsp3) is 0.250. The summed E-state index contributed by atoms with van der Waals surface area (Å²) in [5, 5.41) is 13.1. The summed E-state index contributed by atoms with van der Waals surface area (Å²) in [6, 6.07) is 2.77. The van der Waals surface area contributed by atoms with Crippen molar-refractivity contribution in [2.45, 2.75) is 13.0 Å². The van der Waals surface area contributed by atoms with Crippen molar-refractivity contribution in [2.75, 3.05) is 11.4 Å². The minimum atomic E-state index is -1.16. The lowest BCUT2D eigenvalue weighted by Crippen LogP contribution is -2.36. The van der Waals surface area contributed by atoms with E-state index in [-0.39, 0.29) is 30.9 Å². The van der Waals surface area contributed by atoms with Gasteiger partial charge in [0.1, 0.15) is 22.6 Å². The van der Waals surface area contributed by atoms with Crippen LogP contribution >= 0.6 is 11.3 Å². The number of carbonyl (C=O) groups excluding carboxylic acids is 2. The SMILES string of the molecule is O=C(O)c1csc(CNC(=O)[C@H]2CCN(c3cc(F)cc(F)c3)C2=O)n1. The van der Waals surface area contributed by atoms with Gasteiger partial charge in [-0.3, -0.25) is 9.59 Å². The molecule has 0 bridgehead atoms. The Morgan fingerprint density at radius 1 is 1.31 bits per heavy atom. The number of halogens is 2. The Hall–Kier alpha value is -2.88. The van der Waals surface area contributed by atoms with E-state index in [0.29, 0.717) is 11.1 Å². The summed E-state index contributed by atoms with van der Waals surface area (Å²) >= 11 is 1.08. The Bertz CT molecular complexity index is 866. The molecule has 2 aromatic rings. The van der Waals surface area contributed by atoms with Gasteiger partial charge >= 0.3 is 5.97 Å². The molecule has 2 N–H and O–H groups in total. The zero-order valence-corrected chi connectivity index (χ0v) is 14.1. The highest BCUT2D eigenvalue weighted by Crippen LogP contribution is 2.27. The van der Waals surface area contributed by atoms with Crippen LogP contribution in [-0.2, 0) is 16.1 Å². The molecule has 0 saturated carbocycles. The molecule has 1 atom stereocenters. The van der Waals surface area contributed by atoms with Gasteiger partial charge < -0.3 is 15.3 Å². The molecule has 7 nitrogen and oxygen atoms in total. The molecule has 0 unspecified atom stereocenters. The second-order valence-corrected chi connectivity index (χ2v) is 6.55. The van der Waals surface area contributed by atoms with Crippen LogP contribution < -0.4 is 10.2 Å². The van der Waals surface area contributed by atoms with Gasteiger partial charge in [-0.25, -0.2) is 18.6 Å². The Morgan fingerprint density at radius 3 is 2.62 bits per heavy atom. The maximum Gasteiger partial charge on any atom is 0.355 e. The Labute approximate surface area is 150 Å². The number of aromatic carboxylic acids is 1. The molecule has 0 aliphatic carbocycles. The van der Waals surface area contributed by atoms with Gasteiger partial charge in [0.25, 0.3) is 0 Å². The first-order valence-corrected chi connectivity index (χ1v) is 8.46. The van der Waals surface area contributed by atoms with Crippen LogP contribution in [0.3, 0.4) is 0 Å². The summed E-state index contributed by atoms with van der Waals surface area (Å²) in [7, 11) is 0. The smallest absolute Gasteiger partial charge is 0.355 e. The van der Waals surface area contributed by atoms with Crippen LogP contribution in [0.5, 0.6) is 0 Å². The number of anilines is 1. The van der Waals surface area contributed by atoms with Crippen molar-refractivity contribution in [3.8, 4) is 0 Å². The number of aromatic nitrogens is 1. The molecule has 2 heterocycles. The highest BCUT2D eigenvalue weighted by atomic mass is 32.1. The van der Waals surface area contributed by atoms with E-state index in [2.05, 4.69) is 10.3 Å². The number of thiazole rings is 1. The van der Waals surface area contributed by atoms with Crippen molar-refractivity contribution in [2.24, 2.45) is 5.92 Å². The number of nitrogens with zero attached hydrogens (tertiary/aromatic N) is 2. The van der Waals surface area contributed by atoms with E-state index in [1.165, 1.54) is 10.3 Å². The minimum absolute atomic E-state index is 0.00481. The third-order valence-electron chi connectivity index (χ3n) is 3.87. The van der Waals surface area contributed by atoms with Crippen molar-refractivity contribution in [1.29, 1.82) is 0 Å². The van der Waals surface area contributed by atoms with Crippen LogP contribution in [0.25, 0.3) is 0 Å². The van der Waals surface area contributed by atoms with Crippen molar-refractivity contribution in [3.63, 3.8) is 0 Å². The first kappa shape index (κ1) is 17.9. The average molecular weight is 381 g/mol. The standard InChI is InChI=1S/C16H13F2N3O4S/c17-8-3-9(18)5-10(4-8)21-2-1-11(15(21)23)14(22)19-6-13-20-12(7-26-13)16(24)25/h3-5,7,11H,1-2,6H2,(H,19,22)(H,24,25)/t11-/m1/s1. The molecule has 26 heavy (non-hydrogen) atoms. The van der Waals surface area contributed by atoms with Crippen LogP contribution in [0, 0.1) is 17.6 Å². The Kier molecular flexibility index (Phi) is 4.94. The summed E-state index contributed by atoms with van der Waals surface area (Å²) < 4.78 is 26.7. The maximum atomic E-state index is 13.3. The number of carbonyl (C=O) groups is 3. The van der Waals surface area contributed by atoms with E-state index in [0.717, 1.165) is 23.5 Å². The van der Waals surface area contributed by atoms with Gasteiger partial charge in [-0.05, 0) is 18.6 Å². The first-order chi connectivity index (χ1) is 12.3. The van der Waals surface area contributed by atoms with Crippen LogP contribution in [0.4, 0.5) is 14.5 Å². The molecule has 0 radical (unpaired) electrons. The molecule has 0 spiro atoms. The van der Waals surface area contributed by atoms with Crippen molar-refractivity contribution < 1.29 is 28.3 Å². The van der Waals surface area contributed by atoms with E-state index in [9.17, 15) is 23.2 Å². The van der Waals surface area contributed by atoms with Crippen LogP contribution in [0.1, 0.15) is 21.9 Å². The molecule has 1 aliphatic heterocycles. The van der Waals surface area contributed by atoms with E-state index in [4.69, 9.17) is 5.11 Å². The topological polar surface area (TPSA) is 99.6 Å². The van der Waals surface area contributed by atoms with Gasteiger partial charge in [-0.15, -0.1) is 11.3 Å². The van der Waals surface area contributed by atoms with E-state index >= 15 is 0 Å². The van der Waals surface area contributed by atoms with Crippen molar-refractivity contribution >= 4 is 34.8 Å². The Morgan fingerprint density at radius 2 is 2.00 bits per heavy atom. The van der Waals surface area contributed by atoms with Gasteiger partial charge in [0.05, 0.1) is 6.54 Å². The summed E-state index contributed by atoms with van der Waals surface area (Å²) in [6.45, 7) is 0.162. The number of benzene rings is 1. The fourth-order valence-corrected chi connectivity index (χ4v) is 3.36. The highest BCUT2D eigenvalue weighted by Gasteiger charge is 2.37. The molecule has 1 saturated heterocycles. The van der Waals surface area contributed by atoms with E-state index < -0.39 is 35.3 Å². The fourth-order valence-electron chi connectivity index (χ4n) is 2.65. The number of rotatable bonds is 5. The van der Waals surface area contributed by atoms with Gasteiger partial charge in [-0.1, -0.05) is 0 Å². The predicted octanol–water partition coefficient (Wildman–Crippen LogP) is 1.79. The third-order valence-corrected chi connectivity index (χ3v) is 4.71. The van der Waals surface area contributed by atoms with Gasteiger partial charge in [-0.2, -0.15) is 0 Å². The minimum Gasteiger partial charge on any atom is -0.476 e. The number of carboxylic acid groups (broad SMARTS) is 1. The van der Waals surface area contributed by atoms with Crippen LogP contribution in [-0.4, -0.2) is 34.4 Å². The molecule has 1 aromatic carbocycles. The number of nitrogens with one attached hydrogen (secondary N) is 1. The first-order valence-electron chi connectivity index (χ1n) is 7.58. The van der Waals surface area contributed by atoms with E-state index in [1.54, 1.807) is 0 Å². The molecule has 136 valence electrons. The Balaban J connectivity index is 1.63. The number of amides is 2. The highest BCUT2D eigenvalue weighted by molar-refractivity contribution is 7.09. The molecular formula is C16H13F2N3O4S.